The zero-order chi connectivity index (χ0) is 21.6. The van der Waals surface area contributed by atoms with Gasteiger partial charge in [0.2, 0.25) is 5.91 Å². The Hall–Kier alpha value is -3.10. The van der Waals surface area contributed by atoms with Gasteiger partial charge in [-0.3, -0.25) is 14.3 Å². The Balaban J connectivity index is 1.17. The molecule has 0 N–H and O–H groups in total. The van der Waals surface area contributed by atoms with E-state index in [4.69, 9.17) is 0 Å². The molecule has 2 heterocycles. The van der Waals surface area contributed by atoms with E-state index in [9.17, 15) is 10.1 Å². The Morgan fingerprint density at radius 2 is 1.65 bits per heavy atom. The summed E-state index contributed by atoms with van der Waals surface area (Å²) >= 11 is 0. The van der Waals surface area contributed by atoms with Crippen molar-refractivity contribution in [2.45, 2.75) is 32.6 Å². The fraction of sp³-hybridized carbons (Fsp3) is 0.385. The summed E-state index contributed by atoms with van der Waals surface area (Å²) in [5, 5.41) is 11.7. The van der Waals surface area contributed by atoms with Gasteiger partial charge in [0.25, 0.3) is 0 Å². The highest BCUT2D eigenvalue weighted by Crippen LogP contribution is 2.24. The van der Waals surface area contributed by atoms with Crippen molar-refractivity contribution in [2.75, 3.05) is 37.6 Å². The lowest BCUT2D eigenvalue weighted by atomic mass is 10.1. The van der Waals surface area contributed by atoms with Crippen LogP contribution in [0.5, 0.6) is 0 Å². The average Bonchev–Trinajstić information content (AvgIpc) is 3.23. The highest BCUT2D eigenvalue weighted by Gasteiger charge is 2.19. The van der Waals surface area contributed by atoms with E-state index in [-0.39, 0.29) is 5.91 Å². The maximum atomic E-state index is 12.5. The molecule has 1 saturated heterocycles. The maximum Gasteiger partial charge on any atom is 0.230 e. The highest BCUT2D eigenvalue weighted by atomic mass is 16.1. The van der Waals surface area contributed by atoms with Gasteiger partial charge in [-0.25, -0.2) is 0 Å². The molecule has 2 aromatic carbocycles. The second kappa shape index (κ2) is 9.80. The van der Waals surface area contributed by atoms with Crippen LogP contribution in [0.1, 0.15) is 41.6 Å². The number of aryl methyl sites for hydroxylation is 1. The minimum atomic E-state index is 0.177. The molecule has 5 heteroatoms. The summed E-state index contributed by atoms with van der Waals surface area (Å²) in [5.41, 5.74) is 2.92. The van der Waals surface area contributed by atoms with Crippen LogP contribution in [-0.4, -0.2) is 48.1 Å². The number of hydrogen-bond donors (Lipinski definition) is 0. The molecule has 1 aliphatic rings. The number of aromatic nitrogens is 1. The first kappa shape index (κ1) is 21.1. The summed E-state index contributed by atoms with van der Waals surface area (Å²) in [6.07, 6.45) is 7.59. The van der Waals surface area contributed by atoms with Gasteiger partial charge in [0.05, 0.1) is 11.3 Å². The van der Waals surface area contributed by atoms with Gasteiger partial charge >= 0.3 is 0 Å². The molecular weight excluding hydrogens is 384 g/mol. The maximum absolute atomic E-state index is 12.5. The lowest BCUT2D eigenvalue weighted by Crippen LogP contribution is -2.46. The van der Waals surface area contributed by atoms with Crippen molar-refractivity contribution in [3.8, 4) is 6.07 Å². The van der Waals surface area contributed by atoms with Gasteiger partial charge in [0.1, 0.15) is 6.07 Å². The van der Waals surface area contributed by atoms with E-state index in [1.807, 2.05) is 55.7 Å². The quantitative estimate of drug-likeness (QED) is 0.519. The lowest BCUT2D eigenvalue weighted by Gasteiger charge is -2.36. The molecule has 0 aliphatic carbocycles. The number of carbonyl (C=O) groups is 1. The molecule has 0 amide bonds. The van der Waals surface area contributed by atoms with Gasteiger partial charge in [0, 0.05) is 45.0 Å². The Bertz CT molecular complexity index is 1050. The number of benzene rings is 2. The third kappa shape index (κ3) is 4.98. The zero-order valence-corrected chi connectivity index (χ0v) is 18.3. The van der Waals surface area contributed by atoms with Gasteiger partial charge in [-0.15, -0.1) is 0 Å². The molecule has 160 valence electrons. The predicted molar refractivity (Wildman–Crippen MR) is 126 cm³/mol. The number of carbonyl (C=O) groups excluding carboxylic acids is 1. The number of unbranched alkanes of at least 4 members (excludes halogenated alkanes) is 2. The van der Waals surface area contributed by atoms with E-state index in [2.05, 4.69) is 21.9 Å². The topological polar surface area (TPSA) is 52.3 Å². The van der Waals surface area contributed by atoms with Gasteiger partial charge in [0.15, 0.2) is 0 Å². The molecule has 1 fully saturated rings. The molecule has 1 aromatic heterocycles. The zero-order valence-electron chi connectivity index (χ0n) is 18.3. The lowest BCUT2D eigenvalue weighted by molar-refractivity contribution is 0.0899. The van der Waals surface area contributed by atoms with Crippen LogP contribution in [0.2, 0.25) is 0 Å². The minimum Gasteiger partial charge on any atom is -0.368 e. The molecule has 0 bridgehead atoms. The van der Waals surface area contributed by atoms with Crippen molar-refractivity contribution >= 4 is 22.4 Å². The number of anilines is 1. The van der Waals surface area contributed by atoms with Crippen LogP contribution in [0, 0.1) is 18.3 Å². The van der Waals surface area contributed by atoms with E-state index < -0.39 is 0 Å². The van der Waals surface area contributed by atoms with Crippen LogP contribution in [0.25, 0.3) is 10.8 Å². The number of nitrogens with zero attached hydrogens (tertiary/aromatic N) is 4. The van der Waals surface area contributed by atoms with Gasteiger partial charge in [-0.05, 0) is 48.7 Å². The van der Waals surface area contributed by atoms with Gasteiger partial charge < -0.3 is 4.90 Å². The molecule has 1 aliphatic heterocycles. The van der Waals surface area contributed by atoms with Crippen molar-refractivity contribution in [1.82, 2.24) is 9.47 Å². The Labute approximate surface area is 184 Å². The first-order valence-corrected chi connectivity index (χ1v) is 11.2. The number of piperazine rings is 1. The van der Waals surface area contributed by atoms with Crippen molar-refractivity contribution in [3.63, 3.8) is 0 Å². The van der Waals surface area contributed by atoms with E-state index in [0.717, 1.165) is 79.6 Å². The van der Waals surface area contributed by atoms with Crippen LogP contribution in [0.15, 0.2) is 54.9 Å². The Morgan fingerprint density at radius 1 is 0.935 bits per heavy atom. The van der Waals surface area contributed by atoms with E-state index in [1.54, 1.807) is 4.57 Å². The normalized spacial score (nSPS) is 14.6. The number of fused-ring (bicyclic) bond motifs is 1. The predicted octanol–water partition coefficient (Wildman–Crippen LogP) is 4.84. The van der Waals surface area contributed by atoms with E-state index in [1.165, 1.54) is 0 Å². The largest absolute Gasteiger partial charge is 0.368 e. The fourth-order valence-electron chi connectivity index (χ4n) is 4.42. The summed E-state index contributed by atoms with van der Waals surface area (Å²) in [5.74, 6) is 0.177. The van der Waals surface area contributed by atoms with Crippen LogP contribution in [0.3, 0.4) is 0 Å². The van der Waals surface area contributed by atoms with Crippen molar-refractivity contribution < 1.29 is 4.79 Å². The molecule has 0 atom stereocenters. The standard InChI is InChI=1S/C26H30N4O/c1-21-8-7-11-25(24(21)18-27)29-16-14-28(15-17-29)13-6-2-3-12-26(31)30-19-22-9-4-5-10-23(22)20-30/h4-5,7-11,19-20H,2-3,6,12-17H2,1H3. The minimum absolute atomic E-state index is 0.177. The molecular formula is C26H30N4O. The summed E-state index contributed by atoms with van der Waals surface area (Å²) in [6.45, 7) is 7.03. The van der Waals surface area contributed by atoms with Crippen molar-refractivity contribution in [1.29, 1.82) is 5.26 Å². The third-order valence-corrected chi connectivity index (χ3v) is 6.28. The third-order valence-electron chi connectivity index (χ3n) is 6.28. The fourth-order valence-corrected chi connectivity index (χ4v) is 4.42. The number of nitriles is 1. The first-order valence-electron chi connectivity index (χ1n) is 11.2. The second-order valence-corrected chi connectivity index (χ2v) is 8.41. The molecule has 0 saturated carbocycles. The van der Waals surface area contributed by atoms with Crippen LogP contribution in [0.4, 0.5) is 5.69 Å². The summed E-state index contributed by atoms with van der Waals surface area (Å²) in [4.78, 5) is 17.3. The molecule has 0 radical (unpaired) electrons. The van der Waals surface area contributed by atoms with Gasteiger partial charge in [-0.1, -0.05) is 42.8 Å². The summed E-state index contributed by atoms with van der Waals surface area (Å²) < 4.78 is 1.74. The van der Waals surface area contributed by atoms with Crippen molar-refractivity contribution in [3.05, 3.63) is 66.0 Å². The number of rotatable bonds is 7. The molecule has 0 spiro atoms. The van der Waals surface area contributed by atoms with E-state index in [0.29, 0.717) is 6.42 Å². The molecule has 4 rings (SSSR count). The average molecular weight is 415 g/mol. The first-order chi connectivity index (χ1) is 15.2. The van der Waals surface area contributed by atoms with Gasteiger partial charge in [-0.2, -0.15) is 5.26 Å². The van der Waals surface area contributed by atoms with E-state index >= 15 is 0 Å². The molecule has 0 unspecified atom stereocenters. The second-order valence-electron chi connectivity index (χ2n) is 8.41. The summed E-state index contributed by atoms with van der Waals surface area (Å²) in [6, 6.07) is 16.5. The summed E-state index contributed by atoms with van der Waals surface area (Å²) in [7, 11) is 0. The molecule has 5 nitrogen and oxygen atoms in total. The SMILES string of the molecule is Cc1cccc(N2CCN(CCCCCC(=O)n3cc4ccccc4c3)CC2)c1C#N. The smallest absolute Gasteiger partial charge is 0.230 e. The molecule has 31 heavy (non-hydrogen) atoms. The van der Waals surface area contributed by atoms with Crippen LogP contribution < -0.4 is 4.90 Å². The Kier molecular flexibility index (Phi) is 6.69. The Morgan fingerprint density at radius 3 is 2.32 bits per heavy atom. The monoisotopic (exact) mass is 414 g/mol. The number of hydrogen-bond acceptors (Lipinski definition) is 4. The molecule has 3 aromatic rings. The highest BCUT2D eigenvalue weighted by molar-refractivity contribution is 5.89. The van der Waals surface area contributed by atoms with Crippen LogP contribution in [-0.2, 0) is 0 Å². The van der Waals surface area contributed by atoms with Crippen LogP contribution >= 0.6 is 0 Å². The van der Waals surface area contributed by atoms with Crippen molar-refractivity contribution in [2.24, 2.45) is 0 Å².